The van der Waals surface area contributed by atoms with E-state index in [0.29, 0.717) is 28.8 Å². The Hall–Kier alpha value is -3.15. The highest BCUT2D eigenvalue weighted by molar-refractivity contribution is 5.95. The molecular formula is C19H20N4O2. The molecule has 0 unspecified atom stereocenters. The summed E-state index contributed by atoms with van der Waals surface area (Å²) in [5.74, 6) is 0.304. The fourth-order valence-electron chi connectivity index (χ4n) is 2.37. The molecule has 1 heterocycles. The van der Waals surface area contributed by atoms with E-state index in [0.717, 1.165) is 24.0 Å². The van der Waals surface area contributed by atoms with Gasteiger partial charge < -0.3 is 15.5 Å². The van der Waals surface area contributed by atoms with Crippen LogP contribution in [0.1, 0.15) is 40.2 Å². The number of nitrogens with one attached hydrogen (secondary N) is 1. The standard InChI is InChI=1S/C19H20N4O2/c1-3-13(19-23-21-11-25-19)6-9-17(20)16-10-14(5-4-12(16)2)18(24)22-15-7-8-15/h3-6,9-11,15H,1,7-8,20H2,2H3,(H,22,24)/b13-6+,17-9-. The van der Waals surface area contributed by atoms with Crippen molar-refractivity contribution in [3.8, 4) is 0 Å². The smallest absolute Gasteiger partial charge is 0.251 e. The number of carbonyl (C=O) groups is 1. The average molecular weight is 336 g/mol. The van der Waals surface area contributed by atoms with E-state index in [1.165, 1.54) is 6.39 Å². The zero-order chi connectivity index (χ0) is 17.8. The summed E-state index contributed by atoms with van der Waals surface area (Å²) in [6.45, 7) is 5.69. The molecular weight excluding hydrogens is 316 g/mol. The normalized spacial score (nSPS) is 15.1. The highest BCUT2D eigenvalue weighted by Crippen LogP contribution is 2.22. The van der Waals surface area contributed by atoms with E-state index >= 15 is 0 Å². The lowest BCUT2D eigenvalue weighted by Crippen LogP contribution is -2.25. The van der Waals surface area contributed by atoms with E-state index in [1.807, 2.05) is 25.1 Å². The molecule has 3 N–H and O–H groups in total. The molecule has 1 amide bonds. The number of aryl methyl sites for hydroxylation is 1. The van der Waals surface area contributed by atoms with Crippen molar-refractivity contribution in [2.45, 2.75) is 25.8 Å². The van der Waals surface area contributed by atoms with E-state index in [1.54, 1.807) is 18.2 Å². The Bertz CT molecular complexity index is 846. The number of carbonyl (C=O) groups excluding carboxylic acids is 1. The van der Waals surface area contributed by atoms with Crippen LogP contribution in [0.4, 0.5) is 0 Å². The van der Waals surface area contributed by atoms with E-state index < -0.39 is 0 Å². The van der Waals surface area contributed by atoms with Crippen LogP contribution in [0.25, 0.3) is 11.3 Å². The van der Waals surface area contributed by atoms with Gasteiger partial charge in [0.15, 0.2) is 0 Å². The molecule has 3 rings (SSSR count). The maximum atomic E-state index is 12.2. The first kappa shape index (κ1) is 16.7. The largest absolute Gasteiger partial charge is 0.423 e. The van der Waals surface area contributed by atoms with Gasteiger partial charge in [0, 0.05) is 28.4 Å². The Kier molecular flexibility index (Phi) is 4.79. The number of benzene rings is 1. The lowest BCUT2D eigenvalue weighted by atomic mass is 10.0. The van der Waals surface area contributed by atoms with Crippen molar-refractivity contribution in [3.63, 3.8) is 0 Å². The third-order valence-corrected chi connectivity index (χ3v) is 3.99. The lowest BCUT2D eigenvalue weighted by Gasteiger charge is -2.09. The molecule has 128 valence electrons. The molecule has 25 heavy (non-hydrogen) atoms. The Balaban J connectivity index is 1.86. The predicted octanol–water partition coefficient (Wildman–Crippen LogP) is 2.84. The highest BCUT2D eigenvalue weighted by atomic mass is 16.4. The number of nitrogens with zero attached hydrogens (tertiary/aromatic N) is 2. The number of aromatic nitrogens is 2. The molecule has 1 fully saturated rings. The van der Waals surface area contributed by atoms with Crippen LogP contribution in [-0.2, 0) is 0 Å². The Morgan fingerprint density at radius 2 is 2.20 bits per heavy atom. The Morgan fingerprint density at radius 3 is 2.84 bits per heavy atom. The molecule has 0 saturated heterocycles. The Labute approximate surface area is 146 Å². The molecule has 1 saturated carbocycles. The number of allylic oxidation sites excluding steroid dienone is 4. The van der Waals surface area contributed by atoms with Crippen LogP contribution in [0.15, 0.2) is 53.8 Å². The van der Waals surface area contributed by atoms with Crippen molar-refractivity contribution in [3.05, 3.63) is 72.0 Å². The maximum absolute atomic E-state index is 12.2. The molecule has 1 aliphatic carbocycles. The van der Waals surface area contributed by atoms with Crippen molar-refractivity contribution in [1.29, 1.82) is 0 Å². The summed E-state index contributed by atoms with van der Waals surface area (Å²) in [7, 11) is 0. The third-order valence-electron chi connectivity index (χ3n) is 3.99. The van der Waals surface area contributed by atoms with Gasteiger partial charge >= 0.3 is 0 Å². The molecule has 6 heteroatoms. The number of nitrogens with two attached hydrogens (primary N) is 1. The van der Waals surface area contributed by atoms with E-state index in [9.17, 15) is 4.79 Å². The van der Waals surface area contributed by atoms with E-state index in [4.69, 9.17) is 10.2 Å². The van der Waals surface area contributed by atoms with Gasteiger partial charge in [-0.2, -0.15) is 0 Å². The van der Waals surface area contributed by atoms with Crippen LogP contribution in [0.3, 0.4) is 0 Å². The number of hydrogen-bond acceptors (Lipinski definition) is 5. The van der Waals surface area contributed by atoms with Gasteiger partial charge in [0.25, 0.3) is 5.91 Å². The van der Waals surface area contributed by atoms with Gasteiger partial charge in [0.2, 0.25) is 12.3 Å². The number of hydrogen-bond donors (Lipinski definition) is 2. The summed E-state index contributed by atoms with van der Waals surface area (Å²) < 4.78 is 5.16. The van der Waals surface area contributed by atoms with Gasteiger partial charge in [-0.15, -0.1) is 10.2 Å². The average Bonchev–Trinajstić information content (AvgIpc) is 3.25. The van der Waals surface area contributed by atoms with Crippen molar-refractivity contribution in [2.75, 3.05) is 0 Å². The Morgan fingerprint density at radius 1 is 1.40 bits per heavy atom. The minimum Gasteiger partial charge on any atom is -0.423 e. The second kappa shape index (κ2) is 7.17. The topological polar surface area (TPSA) is 94.0 Å². The van der Waals surface area contributed by atoms with Crippen molar-refractivity contribution in [1.82, 2.24) is 15.5 Å². The summed E-state index contributed by atoms with van der Waals surface area (Å²) in [5.41, 5.74) is 9.83. The summed E-state index contributed by atoms with van der Waals surface area (Å²) in [4.78, 5) is 12.2. The number of amides is 1. The van der Waals surface area contributed by atoms with Crippen LogP contribution in [-0.4, -0.2) is 22.1 Å². The SMILES string of the molecule is C=C/C(=C\C=C(/N)c1cc(C(=O)NC2CC2)ccc1C)c1nnco1. The molecule has 0 radical (unpaired) electrons. The van der Waals surface area contributed by atoms with Gasteiger partial charge in [0.1, 0.15) is 0 Å². The molecule has 1 aromatic carbocycles. The van der Waals surface area contributed by atoms with Gasteiger partial charge in [-0.1, -0.05) is 18.7 Å². The van der Waals surface area contributed by atoms with Crippen molar-refractivity contribution in [2.24, 2.45) is 5.73 Å². The van der Waals surface area contributed by atoms with Gasteiger partial charge in [-0.05, 0) is 49.6 Å². The summed E-state index contributed by atoms with van der Waals surface area (Å²) in [6, 6.07) is 5.84. The first-order chi connectivity index (χ1) is 12.1. The fraction of sp³-hybridized carbons (Fsp3) is 0.211. The molecule has 2 aromatic rings. The molecule has 0 spiro atoms. The van der Waals surface area contributed by atoms with Crippen LogP contribution < -0.4 is 11.1 Å². The maximum Gasteiger partial charge on any atom is 0.251 e. The van der Waals surface area contributed by atoms with Crippen LogP contribution >= 0.6 is 0 Å². The zero-order valence-corrected chi connectivity index (χ0v) is 14.0. The predicted molar refractivity (Wildman–Crippen MR) is 96.3 cm³/mol. The highest BCUT2D eigenvalue weighted by Gasteiger charge is 2.24. The molecule has 0 aliphatic heterocycles. The van der Waals surface area contributed by atoms with E-state index in [2.05, 4.69) is 22.1 Å². The van der Waals surface area contributed by atoms with Crippen LogP contribution in [0.2, 0.25) is 0 Å². The third kappa shape index (κ3) is 4.03. The van der Waals surface area contributed by atoms with Gasteiger partial charge in [0.05, 0.1) is 0 Å². The second-order valence-electron chi connectivity index (χ2n) is 5.97. The molecule has 1 aliphatic rings. The van der Waals surface area contributed by atoms with Crippen molar-refractivity contribution >= 4 is 17.2 Å². The molecule has 0 bridgehead atoms. The quantitative estimate of drug-likeness (QED) is 0.791. The first-order valence-corrected chi connectivity index (χ1v) is 8.07. The minimum atomic E-state index is -0.0651. The van der Waals surface area contributed by atoms with Gasteiger partial charge in [-0.3, -0.25) is 4.79 Å². The fourth-order valence-corrected chi connectivity index (χ4v) is 2.37. The summed E-state index contributed by atoms with van der Waals surface area (Å²) in [6.07, 6.45) is 8.47. The zero-order valence-electron chi connectivity index (χ0n) is 14.0. The molecule has 6 nitrogen and oxygen atoms in total. The van der Waals surface area contributed by atoms with Crippen LogP contribution in [0.5, 0.6) is 0 Å². The second-order valence-corrected chi connectivity index (χ2v) is 5.97. The summed E-state index contributed by atoms with van der Waals surface area (Å²) >= 11 is 0. The lowest BCUT2D eigenvalue weighted by molar-refractivity contribution is 0.0951. The van der Waals surface area contributed by atoms with Gasteiger partial charge in [-0.25, -0.2) is 0 Å². The number of rotatable bonds is 6. The molecule has 1 aromatic heterocycles. The molecule has 0 atom stereocenters. The van der Waals surface area contributed by atoms with E-state index in [-0.39, 0.29) is 5.91 Å². The van der Waals surface area contributed by atoms with Crippen molar-refractivity contribution < 1.29 is 9.21 Å². The minimum absolute atomic E-state index is 0.0651. The monoisotopic (exact) mass is 336 g/mol. The summed E-state index contributed by atoms with van der Waals surface area (Å²) in [5, 5.41) is 10.5. The van der Waals surface area contributed by atoms with Crippen LogP contribution in [0, 0.1) is 6.92 Å². The first-order valence-electron chi connectivity index (χ1n) is 8.07.